The normalized spacial score (nSPS) is 13.3. The fourth-order valence-corrected chi connectivity index (χ4v) is 4.08. The number of hydrazone groups is 1. The molecule has 0 aliphatic carbocycles. The first kappa shape index (κ1) is 25.2. The van der Waals surface area contributed by atoms with E-state index < -0.39 is 0 Å². The van der Waals surface area contributed by atoms with Crippen LogP contribution in [0, 0.1) is 0 Å². The summed E-state index contributed by atoms with van der Waals surface area (Å²) in [5.41, 5.74) is 6.21. The lowest BCUT2D eigenvalue weighted by atomic mass is 10.1. The van der Waals surface area contributed by atoms with E-state index in [2.05, 4.69) is 15.8 Å². The highest BCUT2D eigenvalue weighted by Gasteiger charge is 2.18. The molecular weight excluding hydrogens is 472 g/mol. The van der Waals surface area contributed by atoms with Gasteiger partial charge in [0.25, 0.3) is 5.91 Å². The number of thiocarbonyl (C=S) groups is 1. The predicted molar refractivity (Wildman–Crippen MR) is 147 cm³/mol. The van der Waals surface area contributed by atoms with Gasteiger partial charge in [0.1, 0.15) is 6.61 Å². The standard InChI is InChI=1S/C28H30N4O3S/c1-34-26-18-22(19-29-31-28(36)30-24-8-4-2-5-9-24)12-15-25(26)35-20-21-10-13-23(14-11-21)27(33)32-16-6-3-7-17-32/h2,4-5,8-15,18-19H,3,6-7,16-17,20H2,1H3,(H2,30,31,36)/b29-19+. The lowest BCUT2D eigenvalue weighted by molar-refractivity contribution is 0.0724. The number of methoxy groups -OCH3 is 1. The van der Waals surface area contributed by atoms with E-state index in [0.29, 0.717) is 28.8 Å². The average molecular weight is 503 g/mol. The Hall–Kier alpha value is -3.91. The van der Waals surface area contributed by atoms with Crippen LogP contribution < -0.4 is 20.2 Å². The zero-order chi connectivity index (χ0) is 25.2. The van der Waals surface area contributed by atoms with Crippen LogP contribution in [0.15, 0.2) is 77.9 Å². The molecule has 0 spiro atoms. The number of rotatable bonds is 8. The number of hydrogen-bond acceptors (Lipinski definition) is 5. The van der Waals surface area contributed by atoms with Gasteiger partial charge in [-0.3, -0.25) is 10.2 Å². The molecule has 1 fully saturated rings. The van der Waals surface area contributed by atoms with Crippen molar-refractivity contribution >= 4 is 35.1 Å². The van der Waals surface area contributed by atoms with Crippen LogP contribution in [-0.4, -0.2) is 42.3 Å². The molecule has 8 heteroatoms. The Balaban J connectivity index is 1.30. The third-order valence-corrected chi connectivity index (χ3v) is 6.03. The van der Waals surface area contributed by atoms with Crippen molar-refractivity contribution in [1.29, 1.82) is 0 Å². The van der Waals surface area contributed by atoms with Gasteiger partial charge in [-0.15, -0.1) is 0 Å². The predicted octanol–water partition coefficient (Wildman–Crippen LogP) is 5.22. The summed E-state index contributed by atoms with van der Waals surface area (Å²) in [4.78, 5) is 14.6. The van der Waals surface area contributed by atoms with E-state index >= 15 is 0 Å². The number of amides is 1. The highest BCUT2D eigenvalue weighted by molar-refractivity contribution is 7.80. The van der Waals surface area contributed by atoms with Gasteiger partial charge >= 0.3 is 0 Å². The van der Waals surface area contributed by atoms with E-state index in [4.69, 9.17) is 21.7 Å². The van der Waals surface area contributed by atoms with Crippen molar-refractivity contribution in [3.63, 3.8) is 0 Å². The molecule has 0 unspecified atom stereocenters. The maximum atomic E-state index is 12.7. The fourth-order valence-electron chi connectivity index (χ4n) is 3.91. The van der Waals surface area contributed by atoms with Crippen molar-refractivity contribution in [2.75, 3.05) is 25.5 Å². The van der Waals surface area contributed by atoms with Crippen LogP contribution in [0.25, 0.3) is 0 Å². The molecule has 0 atom stereocenters. The van der Waals surface area contributed by atoms with Gasteiger partial charge in [-0.1, -0.05) is 30.3 Å². The summed E-state index contributed by atoms with van der Waals surface area (Å²) < 4.78 is 11.5. The van der Waals surface area contributed by atoms with Crippen LogP contribution >= 0.6 is 12.2 Å². The number of piperidine rings is 1. The van der Waals surface area contributed by atoms with Gasteiger partial charge in [-0.05, 0) is 85.1 Å². The van der Waals surface area contributed by atoms with Crippen molar-refractivity contribution < 1.29 is 14.3 Å². The Kier molecular flexibility index (Phi) is 8.88. The van der Waals surface area contributed by atoms with Crippen molar-refractivity contribution in [3.8, 4) is 11.5 Å². The number of likely N-dealkylation sites (tertiary alicyclic amines) is 1. The number of anilines is 1. The molecule has 186 valence electrons. The smallest absolute Gasteiger partial charge is 0.253 e. The zero-order valence-corrected chi connectivity index (χ0v) is 21.1. The van der Waals surface area contributed by atoms with Crippen molar-refractivity contribution in [3.05, 3.63) is 89.5 Å². The molecule has 1 aliphatic rings. The Morgan fingerprint density at radius 3 is 2.47 bits per heavy atom. The summed E-state index contributed by atoms with van der Waals surface area (Å²) in [6.45, 7) is 2.05. The van der Waals surface area contributed by atoms with Gasteiger partial charge in [0.15, 0.2) is 16.6 Å². The first-order valence-corrected chi connectivity index (χ1v) is 12.4. The second-order valence-corrected chi connectivity index (χ2v) is 8.85. The van der Waals surface area contributed by atoms with Crippen LogP contribution in [0.1, 0.15) is 40.7 Å². The average Bonchev–Trinajstić information content (AvgIpc) is 2.93. The van der Waals surface area contributed by atoms with Crippen molar-refractivity contribution in [1.82, 2.24) is 10.3 Å². The van der Waals surface area contributed by atoms with Gasteiger partial charge < -0.3 is 19.7 Å². The number of hydrogen-bond donors (Lipinski definition) is 2. The molecule has 0 aromatic heterocycles. The molecule has 0 saturated carbocycles. The van der Waals surface area contributed by atoms with Gasteiger partial charge in [-0.25, -0.2) is 0 Å². The summed E-state index contributed by atoms with van der Waals surface area (Å²) in [5, 5.41) is 7.64. The molecule has 36 heavy (non-hydrogen) atoms. The third-order valence-electron chi connectivity index (χ3n) is 5.84. The lowest BCUT2D eigenvalue weighted by Gasteiger charge is -2.26. The Morgan fingerprint density at radius 1 is 1.00 bits per heavy atom. The van der Waals surface area contributed by atoms with Crippen LogP contribution in [-0.2, 0) is 6.61 Å². The summed E-state index contributed by atoms with van der Waals surface area (Å²) in [6.07, 6.45) is 5.02. The van der Waals surface area contributed by atoms with Gasteiger partial charge in [0.2, 0.25) is 0 Å². The summed E-state index contributed by atoms with van der Waals surface area (Å²) in [7, 11) is 1.60. The molecule has 2 N–H and O–H groups in total. The highest BCUT2D eigenvalue weighted by atomic mass is 32.1. The topological polar surface area (TPSA) is 75.2 Å². The lowest BCUT2D eigenvalue weighted by Crippen LogP contribution is -2.35. The monoisotopic (exact) mass is 502 g/mol. The summed E-state index contributed by atoms with van der Waals surface area (Å²) >= 11 is 5.26. The fraction of sp³-hybridized carbons (Fsp3) is 0.250. The number of carbonyl (C=O) groups excluding carboxylic acids is 1. The zero-order valence-electron chi connectivity index (χ0n) is 20.3. The highest BCUT2D eigenvalue weighted by Crippen LogP contribution is 2.28. The number of carbonyl (C=O) groups is 1. The summed E-state index contributed by atoms with van der Waals surface area (Å²) in [6, 6.07) is 22.8. The Bertz CT molecular complexity index is 1190. The molecule has 0 bridgehead atoms. The molecule has 1 saturated heterocycles. The van der Waals surface area contributed by atoms with Gasteiger partial charge in [0, 0.05) is 24.3 Å². The molecule has 0 radical (unpaired) electrons. The van der Waals surface area contributed by atoms with Crippen molar-refractivity contribution in [2.24, 2.45) is 5.10 Å². The van der Waals surface area contributed by atoms with Crippen LogP contribution in [0.5, 0.6) is 11.5 Å². The SMILES string of the molecule is COc1cc(/C=N/NC(=S)Nc2ccccc2)ccc1OCc1ccc(C(=O)N2CCCCC2)cc1. The molecule has 1 heterocycles. The molecule has 1 aliphatic heterocycles. The molecule has 3 aromatic carbocycles. The molecule has 4 rings (SSSR count). The minimum absolute atomic E-state index is 0.104. The van der Waals surface area contributed by atoms with E-state index in [9.17, 15) is 4.79 Å². The van der Waals surface area contributed by atoms with Crippen LogP contribution in [0.4, 0.5) is 5.69 Å². The van der Waals surface area contributed by atoms with E-state index in [-0.39, 0.29) is 5.91 Å². The van der Waals surface area contributed by atoms with Gasteiger partial charge in [-0.2, -0.15) is 5.10 Å². The number of nitrogens with one attached hydrogen (secondary N) is 2. The minimum Gasteiger partial charge on any atom is -0.493 e. The first-order chi connectivity index (χ1) is 17.6. The maximum absolute atomic E-state index is 12.7. The molecule has 1 amide bonds. The van der Waals surface area contributed by atoms with Crippen molar-refractivity contribution in [2.45, 2.75) is 25.9 Å². The molecular formula is C28H30N4O3S. The number of ether oxygens (including phenoxy) is 2. The van der Waals surface area contributed by atoms with E-state index in [1.54, 1.807) is 13.3 Å². The minimum atomic E-state index is 0.104. The number of para-hydroxylation sites is 1. The second kappa shape index (κ2) is 12.7. The Morgan fingerprint density at radius 2 is 1.75 bits per heavy atom. The van der Waals surface area contributed by atoms with Crippen LogP contribution in [0.2, 0.25) is 0 Å². The largest absolute Gasteiger partial charge is 0.493 e. The second-order valence-electron chi connectivity index (χ2n) is 8.44. The molecule has 7 nitrogen and oxygen atoms in total. The molecule has 3 aromatic rings. The van der Waals surface area contributed by atoms with E-state index in [0.717, 1.165) is 42.7 Å². The third kappa shape index (κ3) is 7.05. The van der Waals surface area contributed by atoms with E-state index in [1.807, 2.05) is 77.7 Å². The summed E-state index contributed by atoms with van der Waals surface area (Å²) in [5.74, 6) is 1.32. The number of nitrogens with zero attached hydrogens (tertiary/aromatic N) is 2. The van der Waals surface area contributed by atoms with Gasteiger partial charge in [0.05, 0.1) is 13.3 Å². The van der Waals surface area contributed by atoms with Crippen LogP contribution in [0.3, 0.4) is 0 Å². The number of benzene rings is 3. The first-order valence-electron chi connectivity index (χ1n) is 12.0. The van der Waals surface area contributed by atoms with E-state index in [1.165, 1.54) is 6.42 Å². The maximum Gasteiger partial charge on any atom is 0.253 e. The Labute approximate surface area is 217 Å². The quantitative estimate of drug-likeness (QED) is 0.250.